The molecule has 1 saturated carbocycles. The Labute approximate surface area is 215 Å². The van der Waals surface area contributed by atoms with E-state index in [1.54, 1.807) is 17.5 Å². The number of pyridine rings is 1. The van der Waals surface area contributed by atoms with E-state index in [0.29, 0.717) is 17.9 Å². The molecule has 0 spiro atoms. The molecule has 3 heterocycles. The molecule has 2 aliphatic rings. The minimum Gasteiger partial charge on any atom is -0.490 e. The molecule has 2 amide bonds. The predicted octanol–water partition coefficient (Wildman–Crippen LogP) is 7.31. The summed E-state index contributed by atoms with van der Waals surface area (Å²) in [6.45, 7) is 6.26. The van der Waals surface area contributed by atoms with Crippen LogP contribution >= 0.6 is 22.9 Å². The third kappa shape index (κ3) is 5.10. The lowest BCUT2D eigenvalue weighted by molar-refractivity contribution is -0.153. The number of hydrogen-bond acceptors (Lipinski definition) is 5. The minimum absolute atomic E-state index is 0.106. The summed E-state index contributed by atoms with van der Waals surface area (Å²) >= 11 is 8.08. The van der Waals surface area contributed by atoms with Crippen LogP contribution in [0.1, 0.15) is 69.2 Å². The lowest BCUT2D eigenvalue weighted by Crippen LogP contribution is -2.45. The van der Waals surface area contributed by atoms with Gasteiger partial charge in [0.25, 0.3) is 0 Å². The highest BCUT2D eigenvalue weighted by atomic mass is 35.5. The van der Waals surface area contributed by atoms with Crippen LogP contribution in [0.15, 0.2) is 30.5 Å². The lowest BCUT2D eigenvalue weighted by Gasteiger charge is -2.34. The predicted molar refractivity (Wildman–Crippen MR) is 141 cm³/mol. The van der Waals surface area contributed by atoms with Gasteiger partial charge in [-0.3, -0.25) is 19.5 Å². The van der Waals surface area contributed by atoms with Gasteiger partial charge in [-0.25, -0.2) is 0 Å². The molecule has 35 heavy (non-hydrogen) atoms. The van der Waals surface area contributed by atoms with E-state index in [4.69, 9.17) is 16.3 Å². The summed E-state index contributed by atoms with van der Waals surface area (Å²) in [6, 6.07) is 7.92. The average Bonchev–Trinajstić information content (AvgIpc) is 3.21. The fourth-order valence-corrected chi connectivity index (χ4v) is 6.66. The third-order valence-corrected chi connectivity index (χ3v) is 8.37. The number of halogens is 1. The van der Waals surface area contributed by atoms with E-state index in [2.05, 4.69) is 4.98 Å². The molecule has 1 aromatic carbocycles. The average molecular weight is 511 g/mol. The molecule has 3 aromatic rings. The number of piperidine rings is 1. The highest BCUT2D eigenvalue weighted by Crippen LogP contribution is 2.43. The van der Waals surface area contributed by atoms with Crippen molar-refractivity contribution >= 4 is 45.0 Å². The number of imide groups is 1. The van der Waals surface area contributed by atoms with E-state index in [1.165, 1.54) is 24.2 Å². The van der Waals surface area contributed by atoms with Gasteiger partial charge < -0.3 is 4.74 Å². The topological polar surface area (TPSA) is 59.5 Å². The second-order valence-corrected chi connectivity index (χ2v) is 12.2. The first kappa shape index (κ1) is 24.3. The van der Waals surface area contributed by atoms with Crippen LogP contribution in [0, 0.1) is 12.3 Å². The number of likely N-dealkylation sites (tertiary alicyclic amines) is 1. The molecule has 0 unspecified atom stereocenters. The van der Waals surface area contributed by atoms with Crippen molar-refractivity contribution in [1.29, 1.82) is 0 Å². The number of amides is 2. The summed E-state index contributed by atoms with van der Waals surface area (Å²) in [5.74, 6) is 0.670. The minimum atomic E-state index is -0.279. The van der Waals surface area contributed by atoms with Gasteiger partial charge in [0.15, 0.2) is 0 Å². The van der Waals surface area contributed by atoms with Gasteiger partial charge in [0.1, 0.15) is 5.75 Å². The third-order valence-electron chi connectivity index (χ3n) is 7.00. The molecule has 1 aliphatic carbocycles. The number of benzene rings is 1. The number of thiophene rings is 1. The molecule has 5 nitrogen and oxygen atoms in total. The molecule has 0 atom stereocenters. The van der Waals surface area contributed by atoms with E-state index < -0.39 is 0 Å². The molecule has 0 N–H and O–H groups in total. The Morgan fingerprint density at radius 1 is 1.09 bits per heavy atom. The summed E-state index contributed by atoms with van der Waals surface area (Å²) in [7, 11) is 0. The van der Waals surface area contributed by atoms with Crippen LogP contribution < -0.4 is 4.74 Å². The largest absolute Gasteiger partial charge is 0.490 e. The summed E-state index contributed by atoms with van der Waals surface area (Å²) < 4.78 is 7.59. The maximum Gasteiger partial charge on any atom is 0.230 e. The SMILES string of the molecule is Cc1cc(Cl)cc(-c2ccnc3cc(CN4C(=O)CC(C)(C)CC4=O)sc23)c1OC1CCCCC1. The van der Waals surface area contributed by atoms with Gasteiger partial charge in [0.05, 0.1) is 22.9 Å². The van der Waals surface area contributed by atoms with E-state index in [-0.39, 0.29) is 29.9 Å². The number of nitrogens with zero attached hydrogens (tertiary/aromatic N) is 2. The normalized spacial score (nSPS) is 18.9. The second kappa shape index (κ2) is 9.55. The maximum atomic E-state index is 12.7. The first-order chi connectivity index (χ1) is 16.7. The Hall–Kier alpha value is -2.44. The van der Waals surface area contributed by atoms with E-state index in [9.17, 15) is 9.59 Å². The number of carbonyl (C=O) groups is 2. The van der Waals surface area contributed by atoms with Crippen molar-refractivity contribution in [2.45, 2.75) is 78.4 Å². The molecule has 1 aliphatic heterocycles. The molecular weight excluding hydrogens is 480 g/mol. The van der Waals surface area contributed by atoms with Crippen molar-refractivity contribution in [2.75, 3.05) is 0 Å². The molecule has 0 bridgehead atoms. The summed E-state index contributed by atoms with van der Waals surface area (Å²) in [4.78, 5) is 32.3. The highest BCUT2D eigenvalue weighted by molar-refractivity contribution is 7.19. The fourth-order valence-electron chi connectivity index (χ4n) is 5.26. The quantitative estimate of drug-likeness (QED) is 0.337. The van der Waals surface area contributed by atoms with Gasteiger partial charge in [0, 0.05) is 40.1 Å². The first-order valence-electron chi connectivity index (χ1n) is 12.4. The van der Waals surface area contributed by atoms with Gasteiger partial charge >= 0.3 is 0 Å². The Morgan fingerprint density at radius 2 is 1.80 bits per heavy atom. The van der Waals surface area contributed by atoms with Crippen LogP contribution in [0.2, 0.25) is 5.02 Å². The van der Waals surface area contributed by atoms with Crippen LogP contribution in [0.25, 0.3) is 21.3 Å². The Morgan fingerprint density at radius 3 is 2.51 bits per heavy atom. The molecule has 7 heteroatoms. The van der Waals surface area contributed by atoms with Crippen LogP contribution in [-0.2, 0) is 16.1 Å². The number of ether oxygens (including phenoxy) is 1. The Kier molecular flexibility index (Phi) is 6.62. The molecule has 5 rings (SSSR count). The van der Waals surface area contributed by atoms with Gasteiger partial charge in [0.2, 0.25) is 11.8 Å². The zero-order valence-electron chi connectivity index (χ0n) is 20.5. The van der Waals surface area contributed by atoms with Gasteiger partial charge in [-0.05, 0) is 67.9 Å². The number of carbonyl (C=O) groups excluding carboxylic acids is 2. The monoisotopic (exact) mass is 510 g/mol. The lowest BCUT2D eigenvalue weighted by atomic mass is 9.82. The summed E-state index contributed by atoms with van der Waals surface area (Å²) in [6.07, 6.45) is 8.61. The number of rotatable bonds is 5. The number of aromatic nitrogens is 1. The maximum absolute atomic E-state index is 12.7. The fraction of sp³-hybridized carbons (Fsp3) is 0.464. The zero-order valence-corrected chi connectivity index (χ0v) is 22.1. The molecular formula is C28H31ClN2O3S. The van der Waals surface area contributed by atoms with Crippen molar-refractivity contribution < 1.29 is 14.3 Å². The van der Waals surface area contributed by atoms with Crippen molar-refractivity contribution in [1.82, 2.24) is 9.88 Å². The van der Waals surface area contributed by atoms with Crippen LogP contribution in [0.4, 0.5) is 0 Å². The first-order valence-corrected chi connectivity index (χ1v) is 13.6. The molecule has 2 aromatic heterocycles. The smallest absolute Gasteiger partial charge is 0.230 e. The summed E-state index contributed by atoms with van der Waals surface area (Å²) in [5.41, 5.74) is 3.57. The Bertz CT molecular complexity index is 1270. The molecule has 2 fully saturated rings. The number of aryl methyl sites for hydroxylation is 1. The van der Waals surface area contributed by atoms with Gasteiger partial charge in [-0.15, -0.1) is 11.3 Å². The molecule has 1 saturated heterocycles. The number of hydrogen-bond donors (Lipinski definition) is 0. The van der Waals surface area contributed by atoms with Crippen molar-refractivity contribution in [3.8, 4) is 16.9 Å². The van der Waals surface area contributed by atoms with Crippen molar-refractivity contribution in [3.05, 3.63) is 45.9 Å². The van der Waals surface area contributed by atoms with Crippen LogP contribution in [-0.4, -0.2) is 27.8 Å². The second-order valence-electron chi connectivity index (χ2n) is 10.7. The number of fused-ring (bicyclic) bond motifs is 1. The summed E-state index contributed by atoms with van der Waals surface area (Å²) in [5, 5.41) is 0.669. The molecule has 0 radical (unpaired) electrons. The van der Waals surface area contributed by atoms with E-state index >= 15 is 0 Å². The van der Waals surface area contributed by atoms with E-state index in [1.807, 2.05) is 45.0 Å². The van der Waals surface area contributed by atoms with Gasteiger partial charge in [-0.2, -0.15) is 0 Å². The highest BCUT2D eigenvalue weighted by Gasteiger charge is 2.37. The van der Waals surface area contributed by atoms with E-state index in [0.717, 1.165) is 50.4 Å². The van der Waals surface area contributed by atoms with Crippen molar-refractivity contribution in [3.63, 3.8) is 0 Å². The Balaban J connectivity index is 1.50. The van der Waals surface area contributed by atoms with Gasteiger partial charge in [-0.1, -0.05) is 31.9 Å². The standard InChI is InChI=1S/C28H31ClN2O3S/c1-17-11-18(29)12-22(26(17)34-19-7-5-4-6-8-19)21-9-10-30-23-13-20(35-27(21)23)16-31-24(32)14-28(2,3)15-25(31)33/h9-13,19H,4-8,14-16H2,1-3H3. The van der Waals surface area contributed by atoms with Crippen molar-refractivity contribution in [2.24, 2.45) is 5.41 Å². The molecule has 184 valence electrons. The van der Waals surface area contributed by atoms with Crippen LogP contribution in [0.3, 0.4) is 0 Å². The zero-order chi connectivity index (χ0) is 24.7. The van der Waals surface area contributed by atoms with Crippen LogP contribution in [0.5, 0.6) is 5.75 Å².